The Labute approximate surface area is 110 Å². The van der Waals surface area contributed by atoms with Gasteiger partial charge in [0, 0.05) is 18.4 Å². The molecule has 1 amide bonds. The van der Waals surface area contributed by atoms with E-state index >= 15 is 0 Å². The van der Waals surface area contributed by atoms with Gasteiger partial charge in [0.1, 0.15) is 11.5 Å². The lowest BCUT2D eigenvalue weighted by Gasteiger charge is -2.15. The molecule has 3 nitrogen and oxygen atoms in total. The number of carbonyl (C=O) groups excluding carboxylic acids is 1. The molecule has 94 valence electrons. The second-order valence-electron chi connectivity index (χ2n) is 4.71. The molecule has 0 N–H and O–H groups in total. The van der Waals surface area contributed by atoms with Gasteiger partial charge in [0.15, 0.2) is 0 Å². The highest BCUT2D eigenvalue weighted by Crippen LogP contribution is 2.24. The summed E-state index contributed by atoms with van der Waals surface area (Å²) in [5.74, 6) is 2.31. The highest BCUT2D eigenvalue weighted by molar-refractivity contribution is 9.09. The van der Waals surface area contributed by atoms with Gasteiger partial charge in [0.2, 0.25) is 0 Å². The molecular weight excluding hydrogens is 282 g/mol. The predicted octanol–water partition coefficient (Wildman–Crippen LogP) is 3.14. The Balaban J connectivity index is 2.04. The monoisotopic (exact) mass is 299 g/mol. The van der Waals surface area contributed by atoms with Gasteiger partial charge in [-0.25, -0.2) is 0 Å². The van der Waals surface area contributed by atoms with E-state index in [-0.39, 0.29) is 5.91 Å². The van der Waals surface area contributed by atoms with E-state index in [9.17, 15) is 4.79 Å². The Kier molecular flexibility index (Phi) is 3.92. The van der Waals surface area contributed by atoms with Crippen molar-refractivity contribution in [2.45, 2.75) is 26.7 Å². The average Bonchev–Trinajstić information content (AvgIpc) is 2.85. The lowest BCUT2D eigenvalue weighted by Crippen LogP contribution is -2.28. The number of aryl methyl sites for hydroxylation is 2. The number of alkyl halides is 1. The SMILES string of the molecule is Cc1cc(C(=O)N2CCC(CCBr)C2)c(C)o1. The van der Waals surface area contributed by atoms with Gasteiger partial charge in [-0.05, 0) is 38.7 Å². The number of hydrogen-bond acceptors (Lipinski definition) is 2. The minimum Gasteiger partial charge on any atom is -0.466 e. The first kappa shape index (κ1) is 12.7. The van der Waals surface area contributed by atoms with E-state index in [1.807, 2.05) is 24.8 Å². The van der Waals surface area contributed by atoms with Crippen molar-refractivity contribution in [2.24, 2.45) is 5.92 Å². The molecule has 1 atom stereocenters. The van der Waals surface area contributed by atoms with Gasteiger partial charge in [0.05, 0.1) is 5.56 Å². The molecule has 0 radical (unpaired) electrons. The number of rotatable bonds is 3. The minimum atomic E-state index is 0.122. The summed E-state index contributed by atoms with van der Waals surface area (Å²) in [5, 5.41) is 1.02. The summed E-state index contributed by atoms with van der Waals surface area (Å²) in [6.45, 7) is 5.49. The molecular formula is C13H18BrNO2. The minimum absolute atomic E-state index is 0.122. The molecule has 1 fully saturated rings. The number of carbonyl (C=O) groups is 1. The fourth-order valence-corrected chi connectivity index (χ4v) is 3.07. The third-order valence-electron chi connectivity index (χ3n) is 3.36. The highest BCUT2D eigenvalue weighted by atomic mass is 79.9. The van der Waals surface area contributed by atoms with Crippen LogP contribution in [0.15, 0.2) is 10.5 Å². The van der Waals surface area contributed by atoms with Crippen molar-refractivity contribution < 1.29 is 9.21 Å². The number of nitrogens with zero attached hydrogens (tertiary/aromatic N) is 1. The van der Waals surface area contributed by atoms with E-state index < -0.39 is 0 Å². The zero-order valence-corrected chi connectivity index (χ0v) is 11.9. The van der Waals surface area contributed by atoms with Crippen LogP contribution in [0.25, 0.3) is 0 Å². The van der Waals surface area contributed by atoms with Crippen molar-refractivity contribution >= 4 is 21.8 Å². The van der Waals surface area contributed by atoms with Crippen molar-refractivity contribution in [3.8, 4) is 0 Å². The van der Waals surface area contributed by atoms with E-state index in [0.29, 0.717) is 5.92 Å². The average molecular weight is 300 g/mol. The van der Waals surface area contributed by atoms with Crippen LogP contribution in [-0.4, -0.2) is 29.2 Å². The Morgan fingerprint density at radius 2 is 2.35 bits per heavy atom. The molecule has 1 aromatic heterocycles. The van der Waals surface area contributed by atoms with Crippen molar-refractivity contribution in [2.75, 3.05) is 18.4 Å². The third-order valence-corrected chi connectivity index (χ3v) is 3.82. The molecule has 0 aliphatic carbocycles. The zero-order chi connectivity index (χ0) is 12.4. The van der Waals surface area contributed by atoms with Crippen LogP contribution in [0.2, 0.25) is 0 Å². The van der Waals surface area contributed by atoms with Crippen LogP contribution in [-0.2, 0) is 0 Å². The largest absolute Gasteiger partial charge is 0.466 e. The fourth-order valence-electron chi connectivity index (χ4n) is 2.42. The van der Waals surface area contributed by atoms with E-state index in [1.54, 1.807) is 0 Å². The standard InChI is InChI=1S/C13H18BrNO2/c1-9-7-12(10(2)17-9)13(16)15-6-4-11(8-15)3-5-14/h7,11H,3-6,8H2,1-2H3. The van der Waals surface area contributed by atoms with E-state index in [2.05, 4.69) is 15.9 Å². The van der Waals surface area contributed by atoms with Crippen LogP contribution in [0.3, 0.4) is 0 Å². The van der Waals surface area contributed by atoms with E-state index in [0.717, 1.165) is 48.3 Å². The Morgan fingerprint density at radius 3 is 2.94 bits per heavy atom. The van der Waals surface area contributed by atoms with Gasteiger partial charge in [0.25, 0.3) is 5.91 Å². The van der Waals surface area contributed by atoms with Gasteiger partial charge in [-0.3, -0.25) is 4.79 Å². The first-order valence-electron chi connectivity index (χ1n) is 6.04. The normalized spacial score (nSPS) is 19.9. The van der Waals surface area contributed by atoms with Crippen LogP contribution in [0.4, 0.5) is 0 Å². The summed E-state index contributed by atoms with van der Waals surface area (Å²) in [6.07, 6.45) is 2.26. The molecule has 17 heavy (non-hydrogen) atoms. The number of furan rings is 1. The molecule has 2 heterocycles. The molecule has 1 aliphatic heterocycles. The van der Waals surface area contributed by atoms with Crippen molar-refractivity contribution in [3.05, 3.63) is 23.2 Å². The summed E-state index contributed by atoms with van der Waals surface area (Å²) in [6, 6.07) is 1.84. The second kappa shape index (κ2) is 5.25. The maximum Gasteiger partial charge on any atom is 0.257 e. The van der Waals surface area contributed by atoms with Crippen LogP contribution >= 0.6 is 15.9 Å². The summed E-state index contributed by atoms with van der Waals surface area (Å²) >= 11 is 3.46. The molecule has 0 bridgehead atoms. The maximum atomic E-state index is 12.3. The van der Waals surface area contributed by atoms with Crippen LogP contribution in [0.1, 0.15) is 34.7 Å². The molecule has 1 saturated heterocycles. The quantitative estimate of drug-likeness (QED) is 0.804. The van der Waals surface area contributed by atoms with Gasteiger partial charge in [-0.15, -0.1) is 0 Å². The zero-order valence-electron chi connectivity index (χ0n) is 10.3. The second-order valence-corrected chi connectivity index (χ2v) is 5.50. The van der Waals surface area contributed by atoms with Crippen LogP contribution in [0, 0.1) is 19.8 Å². The molecule has 0 saturated carbocycles. The topological polar surface area (TPSA) is 33.5 Å². The highest BCUT2D eigenvalue weighted by Gasteiger charge is 2.28. The summed E-state index contributed by atoms with van der Waals surface area (Å²) in [5.41, 5.74) is 0.724. The summed E-state index contributed by atoms with van der Waals surface area (Å²) in [4.78, 5) is 14.2. The van der Waals surface area contributed by atoms with Crippen LogP contribution in [0.5, 0.6) is 0 Å². The number of likely N-dealkylation sites (tertiary alicyclic amines) is 1. The van der Waals surface area contributed by atoms with Gasteiger partial charge < -0.3 is 9.32 Å². The van der Waals surface area contributed by atoms with E-state index in [4.69, 9.17) is 4.42 Å². The molecule has 1 aliphatic rings. The van der Waals surface area contributed by atoms with Gasteiger partial charge in [-0.2, -0.15) is 0 Å². The molecule has 2 rings (SSSR count). The maximum absolute atomic E-state index is 12.3. The number of amides is 1. The lowest BCUT2D eigenvalue weighted by molar-refractivity contribution is 0.0785. The van der Waals surface area contributed by atoms with Crippen molar-refractivity contribution in [3.63, 3.8) is 0 Å². The Bertz CT molecular complexity index is 414. The molecule has 1 unspecified atom stereocenters. The summed E-state index contributed by atoms with van der Waals surface area (Å²) in [7, 11) is 0. The summed E-state index contributed by atoms with van der Waals surface area (Å²) < 4.78 is 5.41. The molecule has 0 aromatic carbocycles. The smallest absolute Gasteiger partial charge is 0.257 e. The van der Waals surface area contributed by atoms with Crippen molar-refractivity contribution in [1.29, 1.82) is 0 Å². The number of hydrogen-bond donors (Lipinski definition) is 0. The van der Waals surface area contributed by atoms with Gasteiger partial charge in [-0.1, -0.05) is 15.9 Å². The number of halogens is 1. The lowest BCUT2D eigenvalue weighted by atomic mass is 10.1. The molecule has 0 spiro atoms. The first-order chi connectivity index (χ1) is 8.11. The van der Waals surface area contributed by atoms with Crippen molar-refractivity contribution in [1.82, 2.24) is 4.90 Å². The van der Waals surface area contributed by atoms with Gasteiger partial charge >= 0.3 is 0 Å². The fraction of sp³-hybridized carbons (Fsp3) is 0.615. The van der Waals surface area contributed by atoms with E-state index in [1.165, 1.54) is 0 Å². The molecule has 1 aromatic rings. The Hall–Kier alpha value is -0.770. The van der Waals surface area contributed by atoms with Crippen LogP contribution < -0.4 is 0 Å². The Morgan fingerprint density at radius 1 is 1.59 bits per heavy atom. The first-order valence-corrected chi connectivity index (χ1v) is 7.16. The predicted molar refractivity (Wildman–Crippen MR) is 70.6 cm³/mol. The third kappa shape index (κ3) is 2.73. The molecule has 4 heteroatoms.